The molecule has 7 nitrogen and oxygen atoms in total. The summed E-state index contributed by atoms with van der Waals surface area (Å²) >= 11 is 1.20. The molecule has 27 heavy (non-hydrogen) atoms. The summed E-state index contributed by atoms with van der Waals surface area (Å²) < 4.78 is 27.2. The van der Waals surface area contributed by atoms with E-state index in [0.717, 1.165) is 10.6 Å². The average Bonchev–Trinajstić information content (AvgIpc) is 3.10. The van der Waals surface area contributed by atoms with Gasteiger partial charge in [-0.2, -0.15) is 0 Å². The van der Waals surface area contributed by atoms with E-state index in [1.807, 2.05) is 37.3 Å². The first-order valence-corrected chi connectivity index (χ1v) is 10.6. The highest BCUT2D eigenvalue weighted by Gasteiger charge is 2.17. The second-order valence-corrected chi connectivity index (χ2v) is 8.44. The van der Waals surface area contributed by atoms with Gasteiger partial charge >= 0.3 is 0 Å². The second kappa shape index (κ2) is 8.28. The lowest BCUT2D eigenvalue weighted by Gasteiger charge is -2.08. The van der Waals surface area contributed by atoms with Gasteiger partial charge in [0.2, 0.25) is 11.0 Å². The minimum absolute atomic E-state index is 0.0804. The highest BCUT2D eigenvalue weighted by Crippen LogP contribution is 2.21. The molecule has 0 atom stereocenters. The van der Waals surface area contributed by atoms with E-state index in [1.165, 1.54) is 23.5 Å². The van der Waals surface area contributed by atoms with Crippen LogP contribution in [-0.4, -0.2) is 24.5 Å². The van der Waals surface area contributed by atoms with Gasteiger partial charge in [0.05, 0.1) is 11.3 Å². The molecule has 0 bridgehead atoms. The van der Waals surface area contributed by atoms with Crippen molar-refractivity contribution in [2.24, 2.45) is 0 Å². The number of hydrogen-bond acceptors (Lipinski definition) is 6. The standard InChI is InChI=1S/C18H18N4O3S2/c1-2-17-20-21-18(26-17)22-27(24,25)15-10-8-14(9-11-15)19-16(23)12-13-6-4-3-5-7-13/h3-11H,2,12H2,1H3,(H,19,23)(H,21,22). The van der Waals surface area contributed by atoms with Crippen molar-refractivity contribution in [2.45, 2.75) is 24.7 Å². The molecule has 0 fully saturated rings. The summed E-state index contributed by atoms with van der Waals surface area (Å²) in [7, 11) is -3.76. The number of hydrogen-bond donors (Lipinski definition) is 2. The maximum atomic E-state index is 12.4. The Bertz CT molecular complexity index is 1020. The number of nitrogens with one attached hydrogen (secondary N) is 2. The zero-order valence-electron chi connectivity index (χ0n) is 14.5. The summed E-state index contributed by atoms with van der Waals surface area (Å²) in [6.07, 6.45) is 0.941. The summed E-state index contributed by atoms with van der Waals surface area (Å²) in [4.78, 5) is 12.2. The Morgan fingerprint density at radius 2 is 1.74 bits per heavy atom. The van der Waals surface area contributed by atoms with Crippen LogP contribution in [0.3, 0.4) is 0 Å². The number of carbonyl (C=O) groups is 1. The topological polar surface area (TPSA) is 101 Å². The lowest BCUT2D eigenvalue weighted by atomic mass is 10.1. The van der Waals surface area contributed by atoms with Crippen molar-refractivity contribution >= 4 is 38.1 Å². The third-order valence-corrected chi connectivity index (χ3v) is 6.11. The fraction of sp³-hybridized carbons (Fsp3) is 0.167. The number of carbonyl (C=O) groups excluding carboxylic acids is 1. The molecule has 2 N–H and O–H groups in total. The molecular formula is C18H18N4O3S2. The normalized spacial score (nSPS) is 11.1. The lowest BCUT2D eigenvalue weighted by Crippen LogP contribution is -2.15. The highest BCUT2D eigenvalue weighted by molar-refractivity contribution is 7.93. The van der Waals surface area contributed by atoms with E-state index in [1.54, 1.807) is 12.1 Å². The first-order chi connectivity index (χ1) is 13.0. The Morgan fingerprint density at radius 3 is 2.37 bits per heavy atom. The quantitative estimate of drug-likeness (QED) is 0.632. The smallest absolute Gasteiger partial charge is 0.263 e. The van der Waals surface area contributed by atoms with Crippen LogP contribution in [0.15, 0.2) is 59.5 Å². The first-order valence-electron chi connectivity index (χ1n) is 8.25. The van der Waals surface area contributed by atoms with Crippen LogP contribution >= 0.6 is 11.3 Å². The van der Waals surface area contributed by atoms with Crippen molar-refractivity contribution in [3.05, 3.63) is 65.2 Å². The van der Waals surface area contributed by atoms with Crippen LogP contribution < -0.4 is 10.0 Å². The molecule has 0 spiro atoms. The zero-order valence-corrected chi connectivity index (χ0v) is 16.2. The summed E-state index contributed by atoms with van der Waals surface area (Å²) in [6, 6.07) is 15.3. The molecule has 1 heterocycles. The zero-order chi connectivity index (χ0) is 19.3. The van der Waals surface area contributed by atoms with Crippen LogP contribution in [0, 0.1) is 0 Å². The number of rotatable bonds is 7. The molecule has 0 unspecified atom stereocenters. The number of aryl methyl sites for hydroxylation is 1. The van der Waals surface area contributed by atoms with Crippen LogP contribution in [0.5, 0.6) is 0 Å². The molecule has 0 saturated heterocycles. The molecule has 1 amide bonds. The fourth-order valence-electron chi connectivity index (χ4n) is 2.32. The summed E-state index contributed by atoms with van der Waals surface area (Å²) in [6.45, 7) is 1.92. The Labute approximate surface area is 161 Å². The molecule has 9 heteroatoms. The molecular weight excluding hydrogens is 384 g/mol. The molecule has 0 radical (unpaired) electrons. The van der Waals surface area contributed by atoms with Crippen molar-refractivity contribution < 1.29 is 13.2 Å². The maximum Gasteiger partial charge on any atom is 0.263 e. The summed E-state index contributed by atoms with van der Waals surface area (Å²) in [5.74, 6) is -0.170. The molecule has 2 aromatic carbocycles. The molecule has 3 aromatic rings. The Morgan fingerprint density at radius 1 is 1.04 bits per heavy atom. The van der Waals surface area contributed by atoms with Crippen LogP contribution in [-0.2, 0) is 27.7 Å². The van der Waals surface area contributed by atoms with Crippen LogP contribution in [0.4, 0.5) is 10.8 Å². The van der Waals surface area contributed by atoms with Gasteiger partial charge in [0, 0.05) is 5.69 Å². The number of amides is 1. The minimum Gasteiger partial charge on any atom is -0.326 e. The van der Waals surface area contributed by atoms with Crippen LogP contribution in [0.1, 0.15) is 17.5 Å². The van der Waals surface area contributed by atoms with Gasteiger partial charge in [-0.3, -0.25) is 9.52 Å². The number of aromatic nitrogens is 2. The highest BCUT2D eigenvalue weighted by atomic mass is 32.2. The van der Waals surface area contributed by atoms with E-state index in [-0.39, 0.29) is 22.4 Å². The van der Waals surface area contributed by atoms with Gasteiger partial charge in [-0.1, -0.05) is 48.6 Å². The third kappa shape index (κ3) is 5.11. The van der Waals surface area contributed by atoms with Crippen molar-refractivity contribution in [3.63, 3.8) is 0 Å². The molecule has 0 aliphatic heterocycles. The molecule has 0 aliphatic rings. The first kappa shape index (κ1) is 19.0. The predicted molar refractivity (Wildman–Crippen MR) is 105 cm³/mol. The van der Waals surface area contributed by atoms with Gasteiger partial charge < -0.3 is 5.32 Å². The molecule has 140 valence electrons. The van der Waals surface area contributed by atoms with Crippen molar-refractivity contribution in [3.8, 4) is 0 Å². The van der Waals surface area contributed by atoms with Gasteiger partial charge in [0.1, 0.15) is 5.01 Å². The van der Waals surface area contributed by atoms with E-state index in [4.69, 9.17) is 0 Å². The minimum atomic E-state index is -3.76. The largest absolute Gasteiger partial charge is 0.326 e. The third-order valence-electron chi connectivity index (χ3n) is 3.65. The summed E-state index contributed by atoms with van der Waals surface area (Å²) in [5.41, 5.74) is 1.43. The number of sulfonamides is 1. The van der Waals surface area contributed by atoms with E-state index in [2.05, 4.69) is 20.2 Å². The Kier molecular flexibility index (Phi) is 5.82. The van der Waals surface area contributed by atoms with E-state index in [9.17, 15) is 13.2 Å². The molecule has 3 rings (SSSR count). The Hall–Kier alpha value is -2.78. The Balaban J connectivity index is 1.64. The van der Waals surface area contributed by atoms with Gasteiger partial charge in [-0.05, 0) is 36.2 Å². The fourth-order valence-corrected chi connectivity index (χ4v) is 4.23. The van der Waals surface area contributed by atoms with E-state index >= 15 is 0 Å². The maximum absolute atomic E-state index is 12.4. The molecule has 0 aliphatic carbocycles. The van der Waals surface area contributed by atoms with Gasteiger partial charge in [-0.15, -0.1) is 10.2 Å². The summed E-state index contributed by atoms with van der Waals surface area (Å²) in [5, 5.41) is 11.4. The van der Waals surface area contributed by atoms with Crippen molar-refractivity contribution in [1.82, 2.24) is 10.2 Å². The lowest BCUT2D eigenvalue weighted by molar-refractivity contribution is -0.115. The van der Waals surface area contributed by atoms with Crippen molar-refractivity contribution in [2.75, 3.05) is 10.0 Å². The van der Waals surface area contributed by atoms with Crippen LogP contribution in [0.25, 0.3) is 0 Å². The average molecular weight is 403 g/mol. The van der Waals surface area contributed by atoms with E-state index < -0.39 is 10.0 Å². The predicted octanol–water partition coefficient (Wildman–Crippen LogP) is 3.08. The van der Waals surface area contributed by atoms with Gasteiger partial charge in [0.25, 0.3) is 10.0 Å². The van der Waals surface area contributed by atoms with Crippen LogP contribution in [0.2, 0.25) is 0 Å². The second-order valence-electron chi connectivity index (χ2n) is 5.69. The van der Waals surface area contributed by atoms with Gasteiger partial charge in [0.15, 0.2) is 0 Å². The number of anilines is 2. The SMILES string of the molecule is CCc1nnc(NS(=O)(=O)c2ccc(NC(=O)Cc3ccccc3)cc2)s1. The van der Waals surface area contributed by atoms with Crippen molar-refractivity contribution in [1.29, 1.82) is 0 Å². The number of nitrogens with zero attached hydrogens (tertiary/aromatic N) is 2. The van der Waals surface area contributed by atoms with E-state index in [0.29, 0.717) is 12.1 Å². The van der Waals surface area contributed by atoms with Gasteiger partial charge in [-0.25, -0.2) is 8.42 Å². The number of benzene rings is 2. The molecule has 0 saturated carbocycles. The monoisotopic (exact) mass is 402 g/mol. The molecule has 1 aromatic heterocycles.